The Kier molecular flexibility index (Phi) is 4.72. The van der Waals surface area contributed by atoms with Crippen LogP contribution in [-0.2, 0) is 7.05 Å². The summed E-state index contributed by atoms with van der Waals surface area (Å²) in [4.78, 5) is 18.1. The van der Waals surface area contributed by atoms with Gasteiger partial charge in [0.05, 0.1) is 16.7 Å². The second-order valence-electron chi connectivity index (χ2n) is 7.14. The molecule has 8 heteroatoms. The van der Waals surface area contributed by atoms with E-state index >= 15 is 0 Å². The molecule has 0 aliphatic heterocycles. The normalized spacial score (nSPS) is 12.0. The third kappa shape index (κ3) is 3.55. The number of rotatable bonds is 5. The lowest BCUT2D eigenvalue weighted by atomic mass is 10.1. The molecule has 2 aromatic heterocycles. The molecule has 0 aliphatic rings. The minimum Gasteiger partial charge on any atom is -0.338 e. The Bertz CT molecular complexity index is 1340. The van der Waals surface area contributed by atoms with Crippen molar-refractivity contribution in [1.29, 1.82) is 0 Å². The van der Waals surface area contributed by atoms with Gasteiger partial charge < -0.3 is 9.88 Å². The molecule has 2 heterocycles. The summed E-state index contributed by atoms with van der Waals surface area (Å²) in [6.45, 7) is 0. The summed E-state index contributed by atoms with van der Waals surface area (Å²) in [6, 6.07) is 24.5. The number of aromatic nitrogens is 6. The molecule has 5 rings (SSSR count). The third-order valence-corrected chi connectivity index (χ3v) is 5.21. The van der Waals surface area contributed by atoms with Gasteiger partial charge in [0.2, 0.25) is 0 Å². The van der Waals surface area contributed by atoms with Crippen molar-refractivity contribution in [1.82, 2.24) is 35.1 Å². The van der Waals surface area contributed by atoms with Crippen molar-refractivity contribution in [3.05, 3.63) is 102 Å². The first-order valence-corrected chi connectivity index (χ1v) is 9.81. The molecular weight excluding hydrogens is 390 g/mol. The van der Waals surface area contributed by atoms with Crippen molar-refractivity contribution in [2.45, 2.75) is 6.04 Å². The molecule has 0 saturated carbocycles. The molecule has 5 aromatic rings. The predicted octanol–water partition coefficient (Wildman–Crippen LogP) is 3.07. The number of amides is 1. The summed E-state index contributed by atoms with van der Waals surface area (Å²) < 4.78 is 3.53. The van der Waals surface area contributed by atoms with E-state index in [0.29, 0.717) is 11.3 Å². The molecule has 0 saturated heterocycles. The van der Waals surface area contributed by atoms with Crippen LogP contribution in [0.2, 0.25) is 0 Å². The molecule has 1 atom stereocenters. The fourth-order valence-corrected chi connectivity index (χ4v) is 3.65. The highest BCUT2D eigenvalue weighted by molar-refractivity contribution is 5.95. The molecular formula is C23H19N7O. The fourth-order valence-electron chi connectivity index (χ4n) is 3.65. The standard InChI is InChI=1S/C23H19N7O/c1-29-20-13-6-5-12-19(20)25-22(29)21(16-8-3-2-4-9-16)26-23(31)17-10-7-11-18(14-17)30-15-24-27-28-30/h2-15,21H,1H3,(H,26,31). The van der Waals surface area contributed by atoms with Crippen LogP contribution in [0.15, 0.2) is 85.2 Å². The van der Waals surface area contributed by atoms with Crippen LogP contribution in [0, 0.1) is 0 Å². The number of hydrogen-bond acceptors (Lipinski definition) is 5. The average molecular weight is 409 g/mol. The number of imidazole rings is 1. The number of para-hydroxylation sites is 2. The van der Waals surface area contributed by atoms with Crippen LogP contribution in [0.1, 0.15) is 27.8 Å². The largest absolute Gasteiger partial charge is 0.338 e. The minimum atomic E-state index is -0.414. The number of nitrogens with one attached hydrogen (secondary N) is 1. The van der Waals surface area contributed by atoms with Gasteiger partial charge in [-0.3, -0.25) is 4.79 Å². The summed E-state index contributed by atoms with van der Waals surface area (Å²) in [5.74, 6) is 0.549. The van der Waals surface area contributed by atoms with E-state index in [1.165, 1.54) is 11.0 Å². The molecule has 1 amide bonds. The van der Waals surface area contributed by atoms with Gasteiger partial charge in [-0.15, -0.1) is 5.10 Å². The van der Waals surface area contributed by atoms with Crippen molar-refractivity contribution < 1.29 is 4.79 Å². The summed E-state index contributed by atoms with van der Waals surface area (Å²) in [5.41, 5.74) is 4.06. The van der Waals surface area contributed by atoms with Crippen LogP contribution in [-0.4, -0.2) is 35.7 Å². The quantitative estimate of drug-likeness (QED) is 0.482. The average Bonchev–Trinajstić information content (AvgIpc) is 3.47. The van der Waals surface area contributed by atoms with E-state index in [4.69, 9.17) is 4.98 Å². The molecule has 1 N–H and O–H groups in total. The second-order valence-corrected chi connectivity index (χ2v) is 7.14. The molecule has 31 heavy (non-hydrogen) atoms. The number of aryl methyl sites for hydroxylation is 1. The smallest absolute Gasteiger partial charge is 0.252 e. The van der Waals surface area contributed by atoms with Gasteiger partial charge >= 0.3 is 0 Å². The Labute approximate surface area is 178 Å². The molecule has 0 spiro atoms. The number of carbonyl (C=O) groups is 1. The van der Waals surface area contributed by atoms with Crippen LogP contribution in [0.3, 0.4) is 0 Å². The lowest BCUT2D eigenvalue weighted by molar-refractivity contribution is 0.0941. The zero-order chi connectivity index (χ0) is 21.2. The number of carbonyl (C=O) groups excluding carboxylic acids is 1. The van der Waals surface area contributed by atoms with Crippen LogP contribution >= 0.6 is 0 Å². The van der Waals surface area contributed by atoms with Gasteiger partial charge in [0.25, 0.3) is 5.91 Å². The molecule has 152 valence electrons. The van der Waals surface area contributed by atoms with Gasteiger partial charge in [0, 0.05) is 12.6 Å². The van der Waals surface area contributed by atoms with Gasteiger partial charge in [-0.1, -0.05) is 48.5 Å². The van der Waals surface area contributed by atoms with E-state index in [9.17, 15) is 4.79 Å². The monoisotopic (exact) mass is 409 g/mol. The Morgan fingerprint density at radius 1 is 0.968 bits per heavy atom. The van der Waals surface area contributed by atoms with Crippen molar-refractivity contribution in [3.8, 4) is 5.69 Å². The number of benzene rings is 3. The molecule has 0 fully saturated rings. The van der Waals surface area contributed by atoms with Gasteiger partial charge in [0.1, 0.15) is 18.2 Å². The van der Waals surface area contributed by atoms with Gasteiger partial charge in [-0.25, -0.2) is 9.67 Å². The van der Waals surface area contributed by atoms with E-state index in [0.717, 1.165) is 22.4 Å². The van der Waals surface area contributed by atoms with Crippen molar-refractivity contribution in [2.75, 3.05) is 0 Å². The van der Waals surface area contributed by atoms with E-state index < -0.39 is 6.04 Å². The van der Waals surface area contributed by atoms with Crippen LogP contribution in [0.5, 0.6) is 0 Å². The zero-order valence-electron chi connectivity index (χ0n) is 16.8. The highest BCUT2D eigenvalue weighted by atomic mass is 16.1. The van der Waals surface area contributed by atoms with Crippen molar-refractivity contribution >= 4 is 16.9 Å². The van der Waals surface area contributed by atoms with E-state index in [1.807, 2.05) is 72.3 Å². The number of nitrogens with zero attached hydrogens (tertiary/aromatic N) is 6. The van der Waals surface area contributed by atoms with Crippen LogP contribution < -0.4 is 5.32 Å². The lowest BCUT2D eigenvalue weighted by Gasteiger charge is -2.19. The number of tetrazole rings is 1. The summed E-state index contributed by atoms with van der Waals surface area (Å²) in [7, 11) is 1.96. The summed E-state index contributed by atoms with van der Waals surface area (Å²) in [5, 5.41) is 14.4. The molecule has 3 aromatic carbocycles. The number of hydrogen-bond donors (Lipinski definition) is 1. The lowest BCUT2D eigenvalue weighted by Crippen LogP contribution is -2.31. The Hall–Kier alpha value is -4.33. The molecule has 0 bridgehead atoms. The van der Waals surface area contributed by atoms with Crippen molar-refractivity contribution in [2.24, 2.45) is 7.05 Å². The highest BCUT2D eigenvalue weighted by Gasteiger charge is 2.23. The maximum atomic E-state index is 13.2. The van der Waals surface area contributed by atoms with Gasteiger partial charge in [0.15, 0.2) is 0 Å². The topological polar surface area (TPSA) is 90.5 Å². The summed E-state index contributed by atoms with van der Waals surface area (Å²) >= 11 is 0. The van der Waals surface area contributed by atoms with Crippen molar-refractivity contribution in [3.63, 3.8) is 0 Å². The van der Waals surface area contributed by atoms with Crippen LogP contribution in [0.4, 0.5) is 0 Å². The molecule has 0 radical (unpaired) electrons. The predicted molar refractivity (Wildman–Crippen MR) is 116 cm³/mol. The first-order chi connectivity index (χ1) is 15.2. The molecule has 0 aliphatic carbocycles. The molecule has 1 unspecified atom stereocenters. The van der Waals surface area contributed by atoms with E-state index in [2.05, 4.69) is 20.8 Å². The zero-order valence-corrected chi connectivity index (χ0v) is 16.8. The SMILES string of the molecule is Cn1c(C(NC(=O)c2cccc(-n3cnnn3)c2)c2ccccc2)nc2ccccc21. The van der Waals surface area contributed by atoms with Gasteiger partial charge in [-0.2, -0.15) is 0 Å². The number of fused-ring (bicyclic) bond motifs is 1. The Balaban J connectivity index is 1.53. The Morgan fingerprint density at radius 2 is 1.77 bits per heavy atom. The minimum absolute atomic E-state index is 0.212. The fraction of sp³-hybridized carbons (Fsp3) is 0.0870. The first kappa shape index (κ1) is 18.7. The van der Waals surface area contributed by atoms with Crippen LogP contribution in [0.25, 0.3) is 16.7 Å². The maximum absolute atomic E-state index is 13.2. The molecule has 8 nitrogen and oxygen atoms in total. The summed E-state index contributed by atoms with van der Waals surface area (Å²) in [6.07, 6.45) is 1.49. The highest BCUT2D eigenvalue weighted by Crippen LogP contribution is 2.25. The van der Waals surface area contributed by atoms with E-state index in [1.54, 1.807) is 18.2 Å². The van der Waals surface area contributed by atoms with E-state index in [-0.39, 0.29) is 5.91 Å². The second kappa shape index (κ2) is 7.83. The third-order valence-electron chi connectivity index (χ3n) is 5.21. The first-order valence-electron chi connectivity index (χ1n) is 9.81. The van der Waals surface area contributed by atoms with Gasteiger partial charge in [-0.05, 0) is 46.3 Å². The Morgan fingerprint density at radius 3 is 2.55 bits per heavy atom. The maximum Gasteiger partial charge on any atom is 0.252 e.